The van der Waals surface area contributed by atoms with Gasteiger partial charge in [0, 0.05) is 11.3 Å². The number of hydrogen-bond donors (Lipinski definition) is 2. The van der Waals surface area contributed by atoms with Crippen LogP contribution in [0.1, 0.15) is 11.3 Å². The smallest absolute Gasteiger partial charge is 0.101 e. The molecule has 0 saturated carbocycles. The van der Waals surface area contributed by atoms with Crippen molar-refractivity contribution in [3.8, 4) is 11.1 Å². The highest BCUT2D eigenvalue weighted by Crippen LogP contribution is 2.34. The number of aromatic nitrogens is 1. The lowest BCUT2D eigenvalue weighted by Crippen LogP contribution is -2.02. The van der Waals surface area contributed by atoms with E-state index in [2.05, 4.69) is 29.2 Å². The summed E-state index contributed by atoms with van der Waals surface area (Å²) in [6, 6.07) is 10.6. The van der Waals surface area contributed by atoms with Gasteiger partial charge in [0.05, 0.1) is 0 Å². The molecule has 0 saturated heterocycles. The molecular formula is C12H12N2. The lowest BCUT2D eigenvalue weighted by molar-refractivity contribution is 0.911. The number of rotatable bonds is 0. The van der Waals surface area contributed by atoms with E-state index in [4.69, 9.17) is 5.73 Å². The number of fused-ring (bicyclic) bond motifs is 3. The first-order chi connectivity index (χ1) is 6.84. The molecule has 3 N–H and O–H groups in total. The first-order valence-electron chi connectivity index (χ1n) is 4.90. The zero-order valence-electron chi connectivity index (χ0n) is 7.88. The summed E-state index contributed by atoms with van der Waals surface area (Å²) in [7, 11) is 0. The summed E-state index contributed by atoms with van der Waals surface area (Å²) in [4.78, 5) is 3.22. The van der Waals surface area contributed by atoms with E-state index in [9.17, 15) is 0 Å². The number of aryl methyl sites for hydroxylation is 2. The van der Waals surface area contributed by atoms with Crippen molar-refractivity contribution in [3.63, 3.8) is 0 Å². The van der Waals surface area contributed by atoms with Crippen molar-refractivity contribution in [2.75, 3.05) is 5.73 Å². The van der Waals surface area contributed by atoms with Crippen LogP contribution in [0.4, 0.5) is 5.82 Å². The molecule has 1 heterocycles. The Morgan fingerprint density at radius 2 is 1.93 bits per heavy atom. The van der Waals surface area contributed by atoms with Crippen molar-refractivity contribution in [2.45, 2.75) is 12.8 Å². The van der Waals surface area contributed by atoms with Gasteiger partial charge in [-0.25, -0.2) is 0 Å². The Hall–Kier alpha value is -1.70. The quantitative estimate of drug-likeness (QED) is 0.648. The molecule has 0 bridgehead atoms. The molecule has 0 spiro atoms. The average Bonchev–Trinajstić information content (AvgIpc) is 2.59. The zero-order chi connectivity index (χ0) is 9.54. The van der Waals surface area contributed by atoms with Gasteiger partial charge >= 0.3 is 0 Å². The molecule has 0 unspecified atom stereocenters. The molecule has 0 radical (unpaired) electrons. The van der Waals surface area contributed by atoms with Gasteiger partial charge < -0.3 is 10.7 Å². The summed E-state index contributed by atoms with van der Waals surface area (Å²) in [6.07, 6.45) is 2.19. The SMILES string of the molecule is Nc1cc2c([nH]1)CCc1ccccc1-2. The highest BCUT2D eigenvalue weighted by Gasteiger charge is 2.16. The standard InChI is InChI=1S/C12H12N2/c13-12-7-10-9-4-2-1-3-8(9)5-6-11(10)14-12/h1-4,7,14H,5-6,13H2. The van der Waals surface area contributed by atoms with Crippen LogP contribution in [0.2, 0.25) is 0 Å². The van der Waals surface area contributed by atoms with Crippen molar-refractivity contribution in [1.82, 2.24) is 4.98 Å². The van der Waals surface area contributed by atoms with Crippen LogP contribution in [0.3, 0.4) is 0 Å². The van der Waals surface area contributed by atoms with E-state index in [0.29, 0.717) is 0 Å². The molecule has 3 rings (SSSR count). The number of nitrogen functional groups attached to an aromatic ring is 1. The van der Waals surface area contributed by atoms with Crippen molar-refractivity contribution < 1.29 is 0 Å². The third kappa shape index (κ3) is 0.970. The topological polar surface area (TPSA) is 41.8 Å². The second kappa shape index (κ2) is 2.64. The molecule has 2 heteroatoms. The summed E-state index contributed by atoms with van der Waals surface area (Å²) in [6.45, 7) is 0. The molecular weight excluding hydrogens is 172 g/mol. The van der Waals surface area contributed by atoms with Gasteiger partial charge in [-0.3, -0.25) is 0 Å². The van der Waals surface area contributed by atoms with Crippen LogP contribution < -0.4 is 5.73 Å². The van der Waals surface area contributed by atoms with E-state index in [0.717, 1.165) is 18.7 Å². The Morgan fingerprint density at radius 3 is 2.86 bits per heavy atom. The number of aromatic amines is 1. The van der Waals surface area contributed by atoms with Gasteiger partial charge in [-0.15, -0.1) is 0 Å². The molecule has 70 valence electrons. The van der Waals surface area contributed by atoms with Crippen molar-refractivity contribution in [3.05, 3.63) is 41.6 Å². The number of benzene rings is 1. The third-order valence-corrected chi connectivity index (χ3v) is 2.87. The largest absolute Gasteiger partial charge is 0.385 e. The normalized spacial score (nSPS) is 13.4. The second-order valence-corrected chi connectivity index (χ2v) is 3.77. The first-order valence-corrected chi connectivity index (χ1v) is 4.90. The summed E-state index contributed by atoms with van der Waals surface area (Å²) >= 11 is 0. The van der Waals surface area contributed by atoms with Crippen LogP contribution >= 0.6 is 0 Å². The van der Waals surface area contributed by atoms with Gasteiger partial charge in [-0.1, -0.05) is 24.3 Å². The maximum Gasteiger partial charge on any atom is 0.101 e. The van der Waals surface area contributed by atoms with Gasteiger partial charge in [0.15, 0.2) is 0 Å². The predicted octanol–water partition coefficient (Wildman–Crippen LogP) is 2.36. The molecule has 1 aliphatic rings. The Morgan fingerprint density at radius 1 is 1.07 bits per heavy atom. The van der Waals surface area contributed by atoms with Crippen molar-refractivity contribution >= 4 is 5.82 Å². The number of nitrogens with one attached hydrogen (secondary N) is 1. The molecule has 14 heavy (non-hydrogen) atoms. The predicted molar refractivity (Wildman–Crippen MR) is 58.0 cm³/mol. The fourth-order valence-corrected chi connectivity index (χ4v) is 2.22. The van der Waals surface area contributed by atoms with Crippen LogP contribution in [-0.4, -0.2) is 4.98 Å². The molecule has 2 nitrogen and oxygen atoms in total. The van der Waals surface area contributed by atoms with Crippen molar-refractivity contribution in [1.29, 1.82) is 0 Å². The van der Waals surface area contributed by atoms with Crippen LogP contribution in [0.15, 0.2) is 30.3 Å². The lowest BCUT2D eigenvalue weighted by atomic mass is 9.90. The summed E-state index contributed by atoms with van der Waals surface area (Å²) < 4.78 is 0. The molecule has 2 aromatic rings. The Labute approximate surface area is 82.8 Å². The van der Waals surface area contributed by atoms with Gasteiger partial charge in [0.2, 0.25) is 0 Å². The number of H-pyrrole nitrogens is 1. The van der Waals surface area contributed by atoms with Gasteiger partial charge in [0.1, 0.15) is 5.82 Å². The van der Waals surface area contributed by atoms with Gasteiger partial charge in [0.25, 0.3) is 0 Å². The molecule has 0 atom stereocenters. The van der Waals surface area contributed by atoms with E-state index < -0.39 is 0 Å². The van der Waals surface area contributed by atoms with Crippen LogP contribution in [-0.2, 0) is 12.8 Å². The monoisotopic (exact) mass is 184 g/mol. The fraction of sp³-hybridized carbons (Fsp3) is 0.167. The van der Waals surface area contributed by atoms with E-state index in [1.165, 1.54) is 22.4 Å². The maximum absolute atomic E-state index is 5.76. The Balaban J connectivity index is 2.28. The number of nitrogens with two attached hydrogens (primary N) is 1. The van der Waals surface area contributed by atoms with Crippen LogP contribution in [0, 0.1) is 0 Å². The Bertz CT molecular complexity index is 483. The first kappa shape index (κ1) is 7.68. The van der Waals surface area contributed by atoms with Crippen LogP contribution in [0.25, 0.3) is 11.1 Å². The zero-order valence-corrected chi connectivity index (χ0v) is 7.88. The number of hydrogen-bond acceptors (Lipinski definition) is 1. The molecule has 0 amide bonds. The highest BCUT2D eigenvalue weighted by molar-refractivity contribution is 5.74. The second-order valence-electron chi connectivity index (χ2n) is 3.77. The van der Waals surface area contributed by atoms with Crippen LogP contribution in [0.5, 0.6) is 0 Å². The van der Waals surface area contributed by atoms with E-state index in [-0.39, 0.29) is 0 Å². The third-order valence-electron chi connectivity index (χ3n) is 2.87. The molecule has 0 aliphatic heterocycles. The van der Waals surface area contributed by atoms with E-state index >= 15 is 0 Å². The van der Waals surface area contributed by atoms with E-state index in [1.54, 1.807) is 0 Å². The summed E-state index contributed by atoms with van der Waals surface area (Å²) in [5.41, 5.74) is 11.1. The summed E-state index contributed by atoms with van der Waals surface area (Å²) in [5.74, 6) is 0.770. The molecule has 1 aliphatic carbocycles. The maximum atomic E-state index is 5.76. The lowest BCUT2D eigenvalue weighted by Gasteiger charge is -2.15. The van der Waals surface area contributed by atoms with Gasteiger partial charge in [-0.05, 0) is 30.0 Å². The highest BCUT2D eigenvalue weighted by atomic mass is 14.9. The van der Waals surface area contributed by atoms with E-state index in [1.807, 2.05) is 6.07 Å². The number of anilines is 1. The fourth-order valence-electron chi connectivity index (χ4n) is 2.22. The minimum absolute atomic E-state index is 0.770. The minimum Gasteiger partial charge on any atom is -0.385 e. The molecule has 1 aromatic heterocycles. The Kier molecular flexibility index (Phi) is 1.45. The van der Waals surface area contributed by atoms with Crippen molar-refractivity contribution in [2.24, 2.45) is 0 Å². The minimum atomic E-state index is 0.770. The molecule has 1 aromatic carbocycles. The average molecular weight is 184 g/mol. The molecule has 0 fully saturated rings. The van der Waals surface area contributed by atoms with Gasteiger partial charge in [-0.2, -0.15) is 0 Å². The summed E-state index contributed by atoms with van der Waals surface area (Å²) in [5, 5.41) is 0.